The molecule has 18 heavy (non-hydrogen) atoms. The van der Waals surface area contributed by atoms with Gasteiger partial charge in [0, 0.05) is 0 Å². The summed E-state index contributed by atoms with van der Waals surface area (Å²) in [6.45, 7) is 0. The molecule has 3 nitrogen and oxygen atoms in total. The predicted octanol–water partition coefficient (Wildman–Crippen LogP) is 1.75. The van der Waals surface area contributed by atoms with E-state index in [2.05, 4.69) is 0 Å². The predicted molar refractivity (Wildman–Crippen MR) is 73.9 cm³/mol. The zero-order chi connectivity index (χ0) is 13.1. The van der Waals surface area contributed by atoms with Crippen LogP contribution >= 0.6 is 0 Å². The maximum absolute atomic E-state index is 11.2. The van der Waals surface area contributed by atoms with E-state index in [1.807, 2.05) is 42.5 Å². The standard InChI is InChI=1S/C13H10O2S.Al.O.H/c14-16(15)12-8-7-10-4-1-3-9-5-2-6-11(12)13(9)10;;;/h1-8,12,16H;;;. The van der Waals surface area contributed by atoms with Crippen molar-refractivity contribution in [1.29, 1.82) is 0 Å². The van der Waals surface area contributed by atoms with Crippen molar-refractivity contribution < 1.29 is 12.2 Å². The van der Waals surface area contributed by atoms with Crippen LogP contribution in [-0.2, 0) is 14.5 Å². The summed E-state index contributed by atoms with van der Waals surface area (Å²) < 4.78 is 30.7. The summed E-state index contributed by atoms with van der Waals surface area (Å²) in [6.07, 6.45) is 3.65. The Labute approximate surface area is 115 Å². The third-order valence-electron chi connectivity index (χ3n) is 2.97. The molecule has 0 bridgehead atoms. The van der Waals surface area contributed by atoms with Gasteiger partial charge in [-0.1, -0.05) is 48.6 Å². The van der Waals surface area contributed by atoms with Gasteiger partial charge in [0.15, 0.2) is 10.7 Å². The van der Waals surface area contributed by atoms with E-state index in [0.717, 1.165) is 21.9 Å². The Kier molecular flexibility index (Phi) is 4.08. The zero-order valence-electron chi connectivity index (χ0n) is 9.58. The Morgan fingerprint density at radius 2 is 1.67 bits per heavy atom. The molecule has 2 aromatic carbocycles. The minimum absolute atomic E-state index is 0.478. The Bertz CT molecular complexity index is 678. The summed E-state index contributed by atoms with van der Waals surface area (Å²) in [7, 11) is -2.46. The van der Waals surface area contributed by atoms with Crippen LogP contribution in [-0.4, -0.2) is 24.6 Å². The van der Waals surface area contributed by atoms with Crippen LogP contribution in [0.15, 0.2) is 42.5 Å². The van der Waals surface area contributed by atoms with Crippen LogP contribution in [0.3, 0.4) is 0 Å². The molecule has 1 atom stereocenters. The summed E-state index contributed by atoms with van der Waals surface area (Å²) in [5, 5.41) is 1.69. The molecule has 1 aliphatic rings. The second kappa shape index (κ2) is 5.58. The van der Waals surface area contributed by atoms with E-state index in [4.69, 9.17) is 3.80 Å². The van der Waals surface area contributed by atoms with E-state index >= 15 is 0 Å². The molecule has 0 saturated carbocycles. The first-order valence-corrected chi connectivity index (χ1v) is 7.22. The van der Waals surface area contributed by atoms with E-state index in [0.29, 0.717) is 16.2 Å². The van der Waals surface area contributed by atoms with E-state index < -0.39 is 16.0 Å². The average molecular weight is 274 g/mol. The molecule has 0 radical (unpaired) electrons. The van der Waals surface area contributed by atoms with E-state index in [-0.39, 0.29) is 0 Å². The second-order valence-corrected chi connectivity index (χ2v) is 5.01. The van der Waals surface area contributed by atoms with Crippen molar-refractivity contribution in [3.05, 3.63) is 53.6 Å². The summed E-state index contributed by atoms with van der Waals surface area (Å²) >= 11 is 0.611. The van der Waals surface area contributed by atoms with Gasteiger partial charge in [0.05, 0.1) is 0 Å². The third-order valence-corrected chi connectivity index (χ3v) is 3.88. The third kappa shape index (κ3) is 2.17. The van der Waals surface area contributed by atoms with Gasteiger partial charge >= 0.3 is 20.0 Å². The van der Waals surface area contributed by atoms with Crippen LogP contribution in [0.4, 0.5) is 0 Å². The average Bonchev–Trinajstić information content (AvgIpc) is 2.42. The van der Waals surface area contributed by atoms with Crippen molar-refractivity contribution >= 4 is 43.8 Å². The van der Waals surface area contributed by atoms with Gasteiger partial charge in [-0.25, -0.2) is 8.42 Å². The second-order valence-electron chi connectivity index (χ2n) is 3.88. The first-order chi connectivity index (χ1) is 8.77. The monoisotopic (exact) mass is 274 g/mol. The Balaban J connectivity index is 0.000000574. The molecule has 90 valence electrons. The van der Waals surface area contributed by atoms with E-state index in [9.17, 15) is 8.42 Å². The minimum atomic E-state index is -2.46. The summed E-state index contributed by atoms with van der Waals surface area (Å²) in [4.78, 5) is 0. The number of benzene rings is 2. The van der Waals surface area contributed by atoms with Crippen LogP contribution in [0.25, 0.3) is 16.8 Å². The molecule has 1 aliphatic carbocycles. The Morgan fingerprint density at radius 3 is 2.33 bits per heavy atom. The van der Waals surface area contributed by atoms with Gasteiger partial charge in [0.2, 0.25) is 0 Å². The molecule has 0 saturated heterocycles. The van der Waals surface area contributed by atoms with Crippen LogP contribution in [0.1, 0.15) is 16.4 Å². The van der Waals surface area contributed by atoms with Crippen molar-refractivity contribution in [2.75, 3.05) is 0 Å². The molecule has 0 N–H and O–H groups in total. The quantitative estimate of drug-likeness (QED) is 0.636. The van der Waals surface area contributed by atoms with Crippen molar-refractivity contribution in [1.82, 2.24) is 0 Å². The van der Waals surface area contributed by atoms with Crippen molar-refractivity contribution in [3.63, 3.8) is 0 Å². The fourth-order valence-corrected chi connectivity index (χ4v) is 2.94. The molecule has 0 aromatic heterocycles. The first kappa shape index (κ1) is 13.2. The molecule has 1 unspecified atom stereocenters. The molecule has 0 fully saturated rings. The molecule has 5 heteroatoms. The summed E-state index contributed by atoms with van der Waals surface area (Å²) in [5.74, 6) is 0. The molecule has 0 amide bonds. The van der Waals surface area contributed by atoms with Crippen molar-refractivity contribution in [3.8, 4) is 0 Å². The van der Waals surface area contributed by atoms with Gasteiger partial charge in [0.1, 0.15) is 5.25 Å². The van der Waals surface area contributed by atoms with Gasteiger partial charge in [-0.15, -0.1) is 0 Å². The molecule has 0 heterocycles. The molecular formula is C13H11AlO3S. The van der Waals surface area contributed by atoms with E-state index in [1.54, 1.807) is 6.08 Å². The molecule has 3 rings (SSSR count). The SMILES string of the molecule is O=[SH](=O)C1C=Cc2cccc3cccc1c23.[O]=[AlH]. The fraction of sp³-hybridized carbons (Fsp3) is 0.0769. The van der Waals surface area contributed by atoms with Crippen molar-refractivity contribution in [2.24, 2.45) is 0 Å². The fourth-order valence-electron chi connectivity index (χ4n) is 2.27. The molecule has 2 aromatic rings. The van der Waals surface area contributed by atoms with Gasteiger partial charge in [-0.3, -0.25) is 0 Å². The molecule has 0 spiro atoms. The van der Waals surface area contributed by atoms with Gasteiger partial charge in [-0.2, -0.15) is 0 Å². The summed E-state index contributed by atoms with van der Waals surface area (Å²) in [6, 6.07) is 11.8. The maximum atomic E-state index is 11.2. The number of rotatable bonds is 1. The van der Waals surface area contributed by atoms with Crippen LogP contribution in [0.5, 0.6) is 0 Å². The Hall–Kier alpha value is -1.28. The summed E-state index contributed by atoms with van der Waals surface area (Å²) in [5.41, 5.74) is 1.99. The normalized spacial score (nSPS) is 16.3. The van der Waals surface area contributed by atoms with Gasteiger partial charge in [0.25, 0.3) is 0 Å². The topological polar surface area (TPSA) is 51.2 Å². The zero-order valence-corrected chi connectivity index (χ0v) is 11.9. The van der Waals surface area contributed by atoms with Crippen LogP contribution in [0, 0.1) is 0 Å². The van der Waals surface area contributed by atoms with Crippen LogP contribution in [0.2, 0.25) is 0 Å². The van der Waals surface area contributed by atoms with Gasteiger partial charge in [-0.05, 0) is 21.9 Å². The van der Waals surface area contributed by atoms with E-state index in [1.165, 1.54) is 0 Å². The number of thiol groups is 1. The number of hydrogen-bond acceptors (Lipinski definition) is 3. The van der Waals surface area contributed by atoms with Crippen molar-refractivity contribution in [2.45, 2.75) is 5.25 Å². The van der Waals surface area contributed by atoms with Gasteiger partial charge < -0.3 is 0 Å². The molecule has 0 aliphatic heterocycles. The van der Waals surface area contributed by atoms with Crippen LogP contribution < -0.4 is 0 Å². The molecular weight excluding hydrogens is 263 g/mol. The Morgan fingerprint density at radius 1 is 1.00 bits per heavy atom. The first-order valence-electron chi connectivity index (χ1n) is 5.39. The number of hydrogen-bond donors (Lipinski definition) is 1.